The topological polar surface area (TPSA) is 40.5 Å². The van der Waals surface area contributed by atoms with Gasteiger partial charge in [-0.1, -0.05) is 61.5 Å². The average Bonchev–Trinajstić information content (AvgIpc) is 2.83. The fourth-order valence-electron chi connectivity index (χ4n) is 4.79. The lowest BCUT2D eigenvalue weighted by atomic mass is 9.91. The van der Waals surface area contributed by atoms with Crippen LogP contribution < -0.4 is 0 Å². The molecule has 0 amide bonds. The van der Waals surface area contributed by atoms with E-state index in [9.17, 15) is 9.90 Å². The maximum Gasteiger partial charge on any atom is 0.307 e. The molecule has 0 radical (unpaired) electrons. The molecule has 1 fully saturated rings. The molecular formula is C25H29NO2. The van der Waals surface area contributed by atoms with Gasteiger partial charge in [-0.2, -0.15) is 0 Å². The van der Waals surface area contributed by atoms with E-state index in [2.05, 4.69) is 66.4 Å². The smallest absolute Gasteiger partial charge is 0.307 e. The van der Waals surface area contributed by atoms with Crippen LogP contribution in [-0.2, 0) is 11.2 Å². The van der Waals surface area contributed by atoms with E-state index >= 15 is 0 Å². The molecule has 1 heterocycles. The van der Waals surface area contributed by atoms with Gasteiger partial charge < -0.3 is 10.0 Å². The number of aliphatic carboxylic acids is 1. The minimum absolute atomic E-state index is 0.207. The molecule has 146 valence electrons. The predicted octanol–water partition coefficient (Wildman–Crippen LogP) is 4.96. The first-order chi connectivity index (χ1) is 13.6. The maximum absolute atomic E-state index is 11.3. The number of carboxylic acids is 1. The van der Waals surface area contributed by atoms with Crippen molar-refractivity contribution in [3.05, 3.63) is 76.9 Å². The van der Waals surface area contributed by atoms with E-state index in [1.807, 2.05) is 0 Å². The van der Waals surface area contributed by atoms with E-state index in [-0.39, 0.29) is 5.92 Å². The van der Waals surface area contributed by atoms with Crippen LogP contribution in [0.4, 0.5) is 0 Å². The summed E-state index contributed by atoms with van der Waals surface area (Å²) in [6.45, 7) is 4.94. The third-order valence-electron chi connectivity index (χ3n) is 6.26. The van der Waals surface area contributed by atoms with Crippen molar-refractivity contribution in [2.75, 3.05) is 19.6 Å². The van der Waals surface area contributed by atoms with Crippen LogP contribution in [0.5, 0.6) is 0 Å². The largest absolute Gasteiger partial charge is 0.481 e. The van der Waals surface area contributed by atoms with Crippen molar-refractivity contribution >= 4 is 11.5 Å². The van der Waals surface area contributed by atoms with Crippen molar-refractivity contribution < 1.29 is 9.90 Å². The number of likely N-dealkylation sites (tertiary alicyclic amines) is 1. The molecular weight excluding hydrogens is 346 g/mol. The summed E-state index contributed by atoms with van der Waals surface area (Å²) in [5, 5.41) is 9.32. The number of carbonyl (C=O) groups is 1. The van der Waals surface area contributed by atoms with Gasteiger partial charge in [-0.15, -0.1) is 0 Å². The number of carboxylic acid groups (broad SMARTS) is 1. The molecule has 1 aliphatic heterocycles. The normalized spacial score (nSPS) is 23.7. The number of nitrogens with zero attached hydrogens (tertiary/aromatic N) is 1. The van der Waals surface area contributed by atoms with Crippen LogP contribution in [-0.4, -0.2) is 35.6 Å². The average molecular weight is 376 g/mol. The highest BCUT2D eigenvalue weighted by Crippen LogP contribution is 2.38. The number of benzene rings is 2. The Morgan fingerprint density at radius 2 is 1.89 bits per heavy atom. The Kier molecular flexibility index (Phi) is 5.63. The van der Waals surface area contributed by atoms with E-state index < -0.39 is 5.97 Å². The lowest BCUT2D eigenvalue weighted by Gasteiger charge is -2.30. The molecule has 2 atom stereocenters. The van der Waals surface area contributed by atoms with Crippen molar-refractivity contribution in [2.45, 2.75) is 38.5 Å². The summed E-state index contributed by atoms with van der Waals surface area (Å²) in [5.41, 5.74) is 6.88. The van der Waals surface area contributed by atoms with Crippen LogP contribution in [0.15, 0.2) is 54.6 Å². The molecule has 1 N–H and O–H groups in total. The van der Waals surface area contributed by atoms with E-state index in [4.69, 9.17) is 0 Å². The fourth-order valence-corrected chi connectivity index (χ4v) is 4.79. The lowest BCUT2D eigenvalue weighted by Crippen LogP contribution is -2.39. The zero-order valence-electron chi connectivity index (χ0n) is 16.6. The number of hydrogen-bond acceptors (Lipinski definition) is 2. The summed E-state index contributed by atoms with van der Waals surface area (Å²) in [6, 6.07) is 17.6. The lowest BCUT2D eigenvalue weighted by molar-refractivity contribution is -0.143. The number of piperidine rings is 1. The summed E-state index contributed by atoms with van der Waals surface area (Å²) in [4.78, 5) is 13.6. The van der Waals surface area contributed by atoms with Gasteiger partial charge in [0.15, 0.2) is 0 Å². The first-order valence-electron chi connectivity index (χ1n) is 10.5. The Labute approximate surface area is 167 Å². The molecule has 0 bridgehead atoms. The zero-order chi connectivity index (χ0) is 19.5. The Balaban J connectivity index is 1.59. The minimum Gasteiger partial charge on any atom is -0.481 e. The number of rotatable bonds is 4. The molecule has 0 spiro atoms. The second-order valence-electron chi connectivity index (χ2n) is 8.23. The van der Waals surface area contributed by atoms with Crippen LogP contribution in [0, 0.1) is 5.92 Å². The minimum atomic E-state index is -0.649. The van der Waals surface area contributed by atoms with Gasteiger partial charge in [0.1, 0.15) is 0 Å². The Bertz CT molecular complexity index is 886. The fraction of sp³-hybridized carbons (Fsp3) is 0.400. The summed E-state index contributed by atoms with van der Waals surface area (Å²) in [7, 11) is 0. The van der Waals surface area contributed by atoms with Crippen LogP contribution >= 0.6 is 0 Å². The van der Waals surface area contributed by atoms with Crippen molar-refractivity contribution in [3.8, 4) is 0 Å². The third kappa shape index (κ3) is 3.90. The summed E-state index contributed by atoms with van der Waals surface area (Å²) < 4.78 is 0. The van der Waals surface area contributed by atoms with Crippen LogP contribution in [0.1, 0.15) is 54.4 Å². The zero-order valence-corrected chi connectivity index (χ0v) is 16.6. The van der Waals surface area contributed by atoms with E-state index in [0.717, 1.165) is 38.8 Å². The first kappa shape index (κ1) is 18.9. The second kappa shape index (κ2) is 8.32. The molecule has 28 heavy (non-hydrogen) atoms. The molecule has 1 aliphatic carbocycles. The molecule has 2 aromatic rings. The van der Waals surface area contributed by atoms with Gasteiger partial charge in [-0.3, -0.25) is 4.79 Å². The number of hydrogen-bond donors (Lipinski definition) is 1. The van der Waals surface area contributed by atoms with Gasteiger partial charge in [-0.25, -0.2) is 0 Å². The van der Waals surface area contributed by atoms with Crippen LogP contribution in [0.2, 0.25) is 0 Å². The van der Waals surface area contributed by atoms with Gasteiger partial charge in [0, 0.05) is 13.1 Å². The summed E-state index contributed by atoms with van der Waals surface area (Å²) >= 11 is 0. The molecule has 4 rings (SSSR count). The molecule has 2 unspecified atom stereocenters. The van der Waals surface area contributed by atoms with Crippen molar-refractivity contribution in [1.29, 1.82) is 0 Å². The Morgan fingerprint density at radius 1 is 1.14 bits per heavy atom. The van der Waals surface area contributed by atoms with Crippen molar-refractivity contribution in [1.82, 2.24) is 4.90 Å². The highest BCUT2D eigenvalue weighted by Gasteiger charge is 2.25. The van der Waals surface area contributed by atoms with Gasteiger partial charge in [-0.05, 0) is 66.0 Å². The molecule has 1 saturated heterocycles. The second-order valence-corrected chi connectivity index (χ2v) is 8.23. The van der Waals surface area contributed by atoms with Crippen LogP contribution in [0.25, 0.3) is 5.57 Å². The molecule has 2 aromatic carbocycles. The maximum atomic E-state index is 11.3. The SMILES string of the molecule is CC1Cc2ccccc2/C(=C/CCN2CCCC(C(=O)O)C2)c2ccccc21. The monoisotopic (exact) mass is 375 g/mol. The van der Waals surface area contributed by atoms with E-state index in [1.54, 1.807) is 0 Å². The molecule has 2 aliphatic rings. The van der Waals surface area contributed by atoms with E-state index in [0.29, 0.717) is 12.5 Å². The predicted molar refractivity (Wildman–Crippen MR) is 113 cm³/mol. The quantitative estimate of drug-likeness (QED) is 0.821. The molecule has 3 nitrogen and oxygen atoms in total. The van der Waals surface area contributed by atoms with Crippen molar-refractivity contribution in [2.24, 2.45) is 5.92 Å². The standard InChI is InChI=1S/C25H29NO2/c1-18-16-19-8-2-3-11-22(19)24(23-12-5-4-10-21(18)23)13-7-15-26-14-6-9-20(17-26)25(27)28/h2-5,8,10-13,18,20H,6-7,9,14-17H2,1H3,(H,27,28)/b24-13-. The summed E-state index contributed by atoms with van der Waals surface area (Å²) in [5.74, 6) is -0.355. The highest BCUT2D eigenvalue weighted by molar-refractivity contribution is 5.84. The summed E-state index contributed by atoms with van der Waals surface area (Å²) in [6.07, 6.45) is 6.18. The van der Waals surface area contributed by atoms with Gasteiger partial charge in [0.25, 0.3) is 0 Å². The van der Waals surface area contributed by atoms with Crippen LogP contribution in [0.3, 0.4) is 0 Å². The van der Waals surface area contributed by atoms with Gasteiger partial charge in [0.05, 0.1) is 5.92 Å². The number of fused-ring (bicyclic) bond motifs is 2. The van der Waals surface area contributed by atoms with Gasteiger partial charge >= 0.3 is 5.97 Å². The first-order valence-corrected chi connectivity index (χ1v) is 10.5. The Morgan fingerprint density at radius 3 is 2.71 bits per heavy atom. The molecule has 3 heteroatoms. The third-order valence-corrected chi connectivity index (χ3v) is 6.26. The van der Waals surface area contributed by atoms with E-state index in [1.165, 1.54) is 27.8 Å². The highest BCUT2D eigenvalue weighted by atomic mass is 16.4. The molecule has 0 saturated carbocycles. The molecule has 0 aromatic heterocycles. The Hall–Kier alpha value is -2.39. The van der Waals surface area contributed by atoms with Gasteiger partial charge in [0.2, 0.25) is 0 Å². The van der Waals surface area contributed by atoms with Crippen molar-refractivity contribution in [3.63, 3.8) is 0 Å².